The van der Waals surface area contributed by atoms with E-state index in [-0.39, 0.29) is 30.6 Å². The predicted octanol–water partition coefficient (Wildman–Crippen LogP) is 3.38. The smallest absolute Gasteiger partial charge is 0.305 e. The molecule has 0 aliphatic heterocycles. The van der Waals surface area contributed by atoms with Gasteiger partial charge in [0, 0.05) is 24.3 Å². The molecule has 1 amide bonds. The van der Waals surface area contributed by atoms with Gasteiger partial charge in [-0.3, -0.25) is 9.59 Å². The van der Waals surface area contributed by atoms with Crippen LogP contribution in [0.1, 0.15) is 54.0 Å². The van der Waals surface area contributed by atoms with Crippen molar-refractivity contribution in [2.75, 3.05) is 13.1 Å². The van der Waals surface area contributed by atoms with Crippen molar-refractivity contribution >= 4 is 11.9 Å². The lowest BCUT2D eigenvalue weighted by atomic mass is 10.1. The Morgan fingerprint density at radius 3 is 2.71 bits per heavy atom. The molecule has 0 fully saturated rings. The van der Waals surface area contributed by atoms with E-state index in [1.807, 2.05) is 26.8 Å². The first kappa shape index (κ1) is 20.0. The quantitative estimate of drug-likeness (QED) is 0.790. The summed E-state index contributed by atoms with van der Waals surface area (Å²) < 4.78 is 16.1. The fraction of sp³-hybridized carbons (Fsp3) is 0.476. The van der Waals surface area contributed by atoms with E-state index in [1.165, 1.54) is 6.07 Å². The van der Waals surface area contributed by atoms with Gasteiger partial charge in [0.15, 0.2) is 5.69 Å². The summed E-state index contributed by atoms with van der Waals surface area (Å²) in [5, 5.41) is 13.5. The standard InChI is InChI=1S/C21H26FN3O3/c1-13(2)12-24(10-9-19(26)27)21(28)20-15-5-4-6-17(15)25(23-20)18-8-7-14(3)11-16(18)22/h7-8,11,13H,4-6,9-10,12H2,1-3H3,(H,26,27). The van der Waals surface area contributed by atoms with E-state index in [0.29, 0.717) is 17.9 Å². The fourth-order valence-corrected chi connectivity index (χ4v) is 3.69. The number of carboxylic acid groups (broad SMARTS) is 1. The molecule has 1 aromatic heterocycles. The number of halogens is 1. The van der Waals surface area contributed by atoms with Gasteiger partial charge in [-0.15, -0.1) is 0 Å². The summed E-state index contributed by atoms with van der Waals surface area (Å²) in [5.41, 5.74) is 3.20. The SMILES string of the molecule is Cc1ccc(-n2nc(C(=O)N(CCC(=O)O)CC(C)C)c3c2CCC3)c(F)c1. The van der Waals surface area contributed by atoms with Gasteiger partial charge in [0.2, 0.25) is 0 Å². The van der Waals surface area contributed by atoms with Crippen molar-refractivity contribution in [2.24, 2.45) is 5.92 Å². The molecule has 0 radical (unpaired) electrons. The molecule has 1 aliphatic rings. The maximum absolute atomic E-state index is 14.5. The Bertz CT molecular complexity index is 905. The van der Waals surface area contributed by atoms with Crippen LogP contribution in [0.25, 0.3) is 5.69 Å². The van der Waals surface area contributed by atoms with Crippen molar-refractivity contribution in [1.82, 2.24) is 14.7 Å². The molecule has 28 heavy (non-hydrogen) atoms. The number of carbonyl (C=O) groups excluding carboxylic acids is 1. The number of rotatable bonds is 7. The van der Waals surface area contributed by atoms with Crippen LogP contribution < -0.4 is 0 Å². The Balaban J connectivity index is 1.99. The van der Waals surface area contributed by atoms with Crippen LogP contribution in [0, 0.1) is 18.7 Å². The van der Waals surface area contributed by atoms with Crippen LogP contribution in [0.5, 0.6) is 0 Å². The number of benzene rings is 1. The van der Waals surface area contributed by atoms with Crippen LogP contribution in [0.2, 0.25) is 0 Å². The van der Waals surface area contributed by atoms with Crippen molar-refractivity contribution in [3.8, 4) is 5.69 Å². The minimum absolute atomic E-state index is 0.117. The van der Waals surface area contributed by atoms with Crippen molar-refractivity contribution in [2.45, 2.75) is 46.5 Å². The van der Waals surface area contributed by atoms with E-state index < -0.39 is 5.97 Å². The molecule has 0 unspecified atom stereocenters. The molecule has 150 valence electrons. The normalized spacial score (nSPS) is 13.0. The summed E-state index contributed by atoms with van der Waals surface area (Å²) in [6.07, 6.45) is 2.23. The molecule has 2 aromatic rings. The Labute approximate surface area is 164 Å². The van der Waals surface area contributed by atoms with E-state index >= 15 is 0 Å². The molecule has 1 aliphatic carbocycles. The molecule has 0 spiro atoms. The van der Waals surface area contributed by atoms with E-state index in [1.54, 1.807) is 15.6 Å². The highest BCUT2D eigenvalue weighted by Gasteiger charge is 2.30. The number of amides is 1. The average molecular weight is 387 g/mol. The van der Waals surface area contributed by atoms with Gasteiger partial charge in [-0.05, 0) is 49.8 Å². The molecular formula is C21H26FN3O3. The zero-order valence-electron chi connectivity index (χ0n) is 16.5. The predicted molar refractivity (Wildman–Crippen MR) is 103 cm³/mol. The molecule has 1 heterocycles. The Morgan fingerprint density at radius 1 is 1.32 bits per heavy atom. The molecule has 0 bridgehead atoms. The minimum Gasteiger partial charge on any atom is -0.481 e. The molecule has 0 saturated carbocycles. The van der Waals surface area contributed by atoms with E-state index in [0.717, 1.165) is 36.1 Å². The number of carboxylic acids is 1. The molecule has 0 atom stereocenters. The van der Waals surface area contributed by atoms with Gasteiger partial charge in [0.05, 0.1) is 6.42 Å². The van der Waals surface area contributed by atoms with E-state index in [4.69, 9.17) is 5.11 Å². The molecule has 1 aromatic carbocycles. The zero-order valence-corrected chi connectivity index (χ0v) is 16.5. The lowest BCUT2D eigenvalue weighted by Crippen LogP contribution is -2.36. The van der Waals surface area contributed by atoms with Gasteiger partial charge < -0.3 is 10.0 Å². The van der Waals surface area contributed by atoms with Crippen LogP contribution in [-0.4, -0.2) is 44.8 Å². The number of nitrogens with zero attached hydrogens (tertiary/aromatic N) is 3. The third-order valence-corrected chi connectivity index (χ3v) is 4.93. The first-order valence-corrected chi connectivity index (χ1v) is 9.66. The number of carbonyl (C=O) groups is 2. The highest BCUT2D eigenvalue weighted by molar-refractivity contribution is 5.94. The second-order valence-corrected chi connectivity index (χ2v) is 7.78. The summed E-state index contributed by atoms with van der Waals surface area (Å²) in [4.78, 5) is 25.7. The summed E-state index contributed by atoms with van der Waals surface area (Å²) in [6.45, 7) is 6.36. The monoisotopic (exact) mass is 387 g/mol. The number of aromatic nitrogens is 2. The van der Waals surface area contributed by atoms with Crippen LogP contribution in [0.3, 0.4) is 0 Å². The van der Waals surface area contributed by atoms with Gasteiger partial charge >= 0.3 is 5.97 Å². The number of hydrogen-bond donors (Lipinski definition) is 1. The molecule has 1 N–H and O–H groups in total. The molecule has 3 rings (SSSR count). The molecule has 6 nitrogen and oxygen atoms in total. The van der Waals surface area contributed by atoms with Gasteiger partial charge in [0.1, 0.15) is 11.5 Å². The van der Waals surface area contributed by atoms with Gasteiger partial charge in [-0.1, -0.05) is 19.9 Å². The molecule has 7 heteroatoms. The maximum atomic E-state index is 14.5. The highest BCUT2D eigenvalue weighted by atomic mass is 19.1. The Morgan fingerprint density at radius 2 is 2.07 bits per heavy atom. The van der Waals surface area contributed by atoms with Gasteiger partial charge in [-0.2, -0.15) is 5.10 Å². The first-order chi connectivity index (χ1) is 13.3. The maximum Gasteiger partial charge on any atom is 0.305 e. The van der Waals surface area contributed by atoms with Gasteiger partial charge in [0.25, 0.3) is 5.91 Å². The number of fused-ring (bicyclic) bond motifs is 1. The second-order valence-electron chi connectivity index (χ2n) is 7.78. The number of hydrogen-bond acceptors (Lipinski definition) is 3. The summed E-state index contributed by atoms with van der Waals surface area (Å²) in [7, 11) is 0. The van der Waals surface area contributed by atoms with Crippen LogP contribution in [0.15, 0.2) is 18.2 Å². The molecular weight excluding hydrogens is 361 g/mol. The summed E-state index contributed by atoms with van der Waals surface area (Å²) in [6, 6.07) is 4.96. The van der Waals surface area contributed by atoms with Gasteiger partial charge in [-0.25, -0.2) is 9.07 Å². The second kappa shape index (κ2) is 8.12. The Kier molecular flexibility index (Phi) is 5.82. The van der Waals surface area contributed by atoms with Crippen LogP contribution in [0.4, 0.5) is 4.39 Å². The van der Waals surface area contributed by atoms with Crippen molar-refractivity contribution in [3.05, 3.63) is 46.5 Å². The van der Waals surface area contributed by atoms with Crippen molar-refractivity contribution in [1.29, 1.82) is 0 Å². The van der Waals surface area contributed by atoms with Crippen molar-refractivity contribution in [3.63, 3.8) is 0 Å². The Hall–Kier alpha value is -2.70. The molecule has 0 saturated heterocycles. The average Bonchev–Trinajstić information content (AvgIpc) is 3.20. The third-order valence-electron chi connectivity index (χ3n) is 4.93. The third kappa shape index (κ3) is 4.08. The first-order valence-electron chi connectivity index (χ1n) is 9.66. The van der Waals surface area contributed by atoms with E-state index in [2.05, 4.69) is 5.10 Å². The fourth-order valence-electron chi connectivity index (χ4n) is 3.69. The largest absolute Gasteiger partial charge is 0.481 e. The topological polar surface area (TPSA) is 75.4 Å². The zero-order chi connectivity index (χ0) is 20.4. The number of aryl methyl sites for hydroxylation is 1. The van der Waals surface area contributed by atoms with Crippen molar-refractivity contribution < 1.29 is 19.1 Å². The lowest BCUT2D eigenvalue weighted by Gasteiger charge is -2.23. The summed E-state index contributed by atoms with van der Waals surface area (Å²) in [5.74, 6) is -1.40. The van der Waals surface area contributed by atoms with Crippen LogP contribution >= 0.6 is 0 Å². The minimum atomic E-state index is -0.945. The number of aliphatic carboxylic acids is 1. The van der Waals surface area contributed by atoms with Crippen LogP contribution in [-0.2, 0) is 17.6 Å². The van der Waals surface area contributed by atoms with E-state index in [9.17, 15) is 14.0 Å². The summed E-state index contributed by atoms with van der Waals surface area (Å²) >= 11 is 0. The lowest BCUT2D eigenvalue weighted by molar-refractivity contribution is -0.137. The highest BCUT2D eigenvalue weighted by Crippen LogP contribution is 2.29.